The van der Waals surface area contributed by atoms with Gasteiger partial charge in [0.25, 0.3) is 0 Å². The minimum atomic E-state index is 0.523. The number of anilines is 2. The van der Waals surface area contributed by atoms with E-state index in [0.717, 1.165) is 22.4 Å². The summed E-state index contributed by atoms with van der Waals surface area (Å²) < 4.78 is 0.973. The molecule has 0 atom stereocenters. The molecule has 2 N–H and O–H groups in total. The number of benzene rings is 1. The first-order valence-electron chi connectivity index (χ1n) is 5.24. The van der Waals surface area contributed by atoms with E-state index in [2.05, 4.69) is 20.9 Å². The standard InChI is InChI=1S/C11H14BrClN4/c1-16(2)8-5-7(12)6-9(10(8)13)17-4-3-15-11(17)14/h5-6H,3-4H2,1-2H3,(H2,14,15). The third-order valence-corrected chi connectivity index (χ3v) is 3.49. The average Bonchev–Trinajstić information content (AvgIpc) is 2.67. The fraction of sp³-hybridized carbons (Fsp3) is 0.364. The Morgan fingerprint density at radius 3 is 2.71 bits per heavy atom. The Labute approximate surface area is 114 Å². The normalized spacial score (nSPS) is 15.1. The second-order valence-electron chi connectivity index (χ2n) is 4.04. The molecule has 0 radical (unpaired) electrons. The van der Waals surface area contributed by atoms with Crippen molar-refractivity contribution in [3.8, 4) is 0 Å². The van der Waals surface area contributed by atoms with Crippen LogP contribution in [0.2, 0.25) is 5.02 Å². The molecule has 0 saturated heterocycles. The Bertz CT molecular complexity index is 473. The fourth-order valence-electron chi connectivity index (χ4n) is 1.79. The number of nitrogens with zero attached hydrogens (tertiary/aromatic N) is 3. The van der Waals surface area contributed by atoms with Crippen molar-refractivity contribution in [3.05, 3.63) is 21.6 Å². The van der Waals surface area contributed by atoms with E-state index >= 15 is 0 Å². The molecule has 0 bridgehead atoms. The molecule has 2 rings (SSSR count). The van der Waals surface area contributed by atoms with Crippen LogP contribution in [-0.2, 0) is 0 Å². The van der Waals surface area contributed by atoms with Crippen LogP contribution in [0, 0.1) is 0 Å². The van der Waals surface area contributed by atoms with Gasteiger partial charge in [-0.1, -0.05) is 27.5 Å². The van der Waals surface area contributed by atoms with Crippen LogP contribution in [0.4, 0.5) is 11.4 Å². The maximum absolute atomic E-state index is 6.41. The first kappa shape index (κ1) is 12.5. The molecule has 0 fully saturated rings. The quantitative estimate of drug-likeness (QED) is 0.910. The van der Waals surface area contributed by atoms with Crippen molar-refractivity contribution in [3.63, 3.8) is 0 Å². The summed E-state index contributed by atoms with van der Waals surface area (Å²) >= 11 is 9.90. The van der Waals surface area contributed by atoms with Crippen molar-refractivity contribution in [2.24, 2.45) is 10.7 Å². The third-order valence-electron chi connectivity index (χ3n) is 2.65. The van der Waals surface area contributed by atoms with Crippen molar-refractivity contribution in [1.82, 2.24) is 0 Å². The minimum Gasteiger partial charge on any atom is -0.376 e. The summed E-state index contributed by atoms with van der Waals surface area (Å²) in [7, 11) is 3.91. The summed E-state index contributed by atoms with van der Waals surface area (Å²) in [4.78, 5) is 8.07. The monoisotopic (exact) mass is 316 g/mol. The first-order chi connectivity index (χ1) is 8.00. The predicted octanol–water partition coefficient (Wildman–Crippen LogP) is 2.30. The van der Waals surface area contributed by atoms with Crippen LogP contribution in [-0.4, -0.2) is 33.1 Å². The lowest BCUT2D eigenvalue weighted by Gasteiger charge is -2.23. The van der Waals surface area contributed by atoms with Gasteiger partial charge in [0, 0.05) is 25.1 Å². The third kappa shape index (κ3) is 2.35. The number of aliphatic imine (C=N–C) groups is 1. The van der Waals surface area contributed by atoms with Gasteiger partial charge < -0.3 is 15.5 Å². The molecule has 92 valence electrons. The smallest absolute Gasteiger partial charge is 0.195 e. The highest BCUT2D eigenvalue weighted by molar-refractivity contribution is 9.10. The molecule has 1 aliphatic heterocycles. The molecule has 17 heavy (non-hydrogen) atoms. The number of hydrogen-bond acceptors (Lipinski definition) is 4. The van der Waals surface area contributed by atoms with Gasteiger partial charge in [0.15, 0.2) is 5.96 Å². The van der Waals surface area contributed by atoms with E-state index in [9.17, 15) is 0 Å². The molecule has 0 saturated carbocycles. The molecule has 6 heteroatoms. The molecule has 0 amide bonds. The number of halogens is 2. The molecular weight excluding hydrogens is 304 g/mol. The Kier molecular flexibility index (Phi) is 3.49. The van der Waals surface area contributed by atoms with Gasteiger partial charge in [-0.3, -0.25) is 4.99 Å². The number of hydrogen-bond donors (Lipinski definition) is 1. The molecule has 0 aromatic heterocycles. The summed E-state index contributed by atoms with van der Waals surface area (Å²) in [5, 5.41) is 0.693. The van der Waals surface area contributed by atoms with Gasteiger partial charge in [-0.05, 0) is 12.1 Å². The van der Waals surface area contributed by atoms with Crippen molar-refractivity contribution in [2.45, 2.75) is 0 Å². The van der Waals surface area contributed by atoms with Gasteiger partial charge in [-0.15, -0.1) is 0 Å². The van der Waals surface area contributed by atoms with E-state index in [-0.39, 0.29) is 0 Å². The van der Waals surface area contributed by atoms with E-state index in [1.165, 1.54) is 0 Å². The number of guanidine groups is 1. The van der Waals surface area contributed by atoms with Crippen LogP contribution in [0.25, 0.3) is 0 Å². The minimum absolute atomic E-state index is 0.523. The molecular formula is C11H14BrClN4. The van der Waals surface area contributed by atoms with Gasteiger partial charge in [0.05, 0.1) is 22.9 Å². The van der Waals surface area contributed by atoms with Gasteiger partial charge in [-0.2, -0.15) is 0 Å². The summed E-state index contributed by atoms with van der Waals surface area (Å²) in [5.74, 6) is 0.523. The Hall–Kier alpha value is -0.940. The van der Waals surface area contributed by atoms with Crippen LogP contribution in [0.15, 0.2) is 21.6 Å². The maximum atomic E-state index is 6.41. The molecule has 0 unspecified atom stereocenters. The molecule has 1 heterocycles. The van der Waals surface area contributed by atoms with Gasteiger partial charge >= 0.3 is 0 Å². The summed E-state index contributed by atoms with van der Waals surface area (Å²) in [6.45, 7) is 1.49. The highest BCUT2D eigenvalue weighted by Crippen LogP contribution is 2.38. The van der Waals surface area contributed by atoms with Crippen molar-refractivity contribution >= 4 is 44.9 Å². The number of nitrogens with two attached hydrogens (primary N) is 1. The highest BCUT2D eigenvalue weighted by Gasteiger charge is 2.21. The van der Waals surface area contributed by atoms with Crippen LogP contribution in [0.1, 0.15) is 0 Å². The lowest BCUT2D eigenvalue weighted by molar-refractivity contribution is 1.02. The van der Waals surface area contributed by atoms with E-state index < -0.39 is 0 Å². The lowest BCUT2D eigenvalue weighted by Crippen LogP contribution is -2.34. The maximum Gasteiger partial charge on any atom is 0.195 e. The second kappa shape index (κ2) is 4.74. The molecule has 1 aromatic rings. The predicted molar refractivity (Wildman–Crippen MR) is 77.3 cm³/mol. The zero-order chi connectivity index (χ0) is 12.6. The van der Waals surface area contributed by atoms with Gasteiger partial charge in [0.1, 0.15) is 0 Å². The molecule has 0 aliphatic carbocycles. The highest BCUT2D eigenvalue weighted by atomic mass is 79.9. The summed E-state index contributed by atoms with van der Waals surface area (Å²) in [5.41, 5.74) is 7.69. The first-order valence-corrected chi connectivity index (χ1v) is 6.41. The topological polar surface area (TPSA) is 44.9 Å². The van der Waals surface area contributed by atoms with Crippen molar-refractivity contribution in [1.29, 1.82) is 0 Å². The molecule has 1 aromatic carbocycles. The zero-order valence-corrected chi connectivity index (χ0v) is 12.1. The average molecular weight is 318 g/mol. The van der Waals surface area contributed by atoms with Gasteiger partial charge in [0.2, 0.25) is 0 Å². The lowest BCUT2D eigenvalue weighted by atomic mass is 10.2. The van der Waals surface area contributed by atoms with Crippen LogP contribution >= 0.6 is 27.5 Å². The van der Waals surface area contributed by atoms with Crippen molar-refractivity contribution in [2.75, 3.05) is 37.0 Å². The van der Waals surface area contributed by atoms with Crippen LogP contribution in [0.5, 0.6) is 0 Å². The zero-order valence-electron chi connectivity index (χ0n) is 9.74. The van der Waals surface area contributed by atoms with Crippen LogP contribution in [0.3, 0.4) is 0 Å². The van der Waals surface area contributed by atoms with E-state index in [1.807, 2.05) is 36.0 Å². The van der Waals surface area contributed by atoms with E-state index in [0.29, 0.717) is 17.5 Å². The Morgan fingerprint density at radius 1 is 1.47 bits per heavy atom. The largest absolute Gasteiger partial charge is 0.376 e. The molecule has 0 spiro atoms. The van der Waals surface area contributed by atoms with Gasteiger partial charge in [-0.25, -0.2) is 0 Å². The molecule has 4 nitrogen and oxygen atoms in total. The van der Waals surface area contributed by atoms with E-state index in [1.54, 1.807) is 0 Å². The summed E-state index contributed by atoms with van der Waals surface area (Å²) in [6.07, 6.45) is 0. The second-order valence-corrected chi connectivity index (χ2v) is 5.34. The van der Waals surface area contributed by atoms with E-state index in [4.69, 9.17) is 17.3 Å². The summed E-state index contributed by atoms with van der Waals surface area (Å²) in [6, 6.07) is 3.94. The number of rotatable bonds is 2. The van der Waals surface area contributed by atoms with Crippen molar-refractivity contribution < 1.29 is 0 Å². The molecule has 1 aliphatic rings. The Morgan fingerprint density at radius 2 is 2.18 bits per heavy atom. The Balaban J connectivity index is 2.50. The SMILES string of the molecule is CN(C)c1cc(Br)cc(N2CCN=C2N)c1Cl. The fourth-order valence-corrected chi connectivity index (χ4v) is 2.60. The van der Waals surface area contributed by atoms with Crippen LogP contribution < -0.4 is 15.5 Å².